The molecule has 2 rings (SSSR count). The molecule has 1 heterocycles. The molecule has 0 saturated carbocycles. The third kappa shape index (κ3) is 3.20. The van der Waals surface area contributed by atoms with Crippen molar-refractivity contribution < 1.29 is 9.47 Å². The number of hydrogen-bond donors (Lipinski definition) is 1. The minimum absolute atomic E-state index is 0.117. The molecule has 0 aliphatic carbocycles. The van der Waals surface area contributed by atoms with Crippen LogP contribution in [0.3, 0.4) is 0 Å². The van der Waals surface area contributed by atoms with E-state index in [4.69, 9.17) is 15.2 Å². The smallest absolute Gasteiger partial charge is 0.246 e. The molecule has 20 heavy (non-hydrogen) atoms. The number of pyridine rings is 1. The topological polar surface area (TPSA) is 57.4 Å². The van der Waals surface area contributed by atoms with Gasteiger partial charge in [-0.2, -0.15) is 4.98 Å². The summed E-state index contributed by atoms with van der Waals surface area (Å²) in [5, 5.41) is 0. The summed E-state index contributed by atoms with van der Waals surface area (Å²) in [5.74, 6) is 1.53. The zero-order chi connectivity index (χ0) is 14.8. The Kier molecular flexibility index (Phi) is 3.84. The van der Waals surface area contributed by atoms with Crippen molar-refractivity contribution in [3.05, 3.63) is 42.0 Å². The van der Waals surface area contributed by atoms with Gasteiger partial charge in [-0.15, -0.1) is 0 Å². The molecule has 0 radical (unpaired) electrons. The van der Waals surface area contributed by atoms with Crippen LogP contribution in [0.2, 0.25) is 0 Å². The molecule has 0 amide bonds. The molecule has 0 unspecified atom stereocenters. The highest BCUT2D eigenvalue weighted by Gasteiger charge is 2.13. The van der Waals surface area contributed by atoms with Crippen LogP contribution in [0.1, 0.15) is 26.3 Å². The summed E-state index contributed by atoms with van der Waals surface area (Å²) in [6.07, 6.45) is 0. The van der Waals surface area contributed by atoms with Crippen LogP contribution in [0.4, 0.5) is 5.69 Å². The van der Waals surface area contributed by atoms with E-state index in [1.807, 2.05) is 24.3 Å². The average Bonchev–Trinajstić information content (AvgIpc) is 2.41. The highest BCUT2D eigenvalue weighted by Crippen LogP contribution is 2.29. The van der Waals surface area contributed by atoms with Crippen LogP contribution in [-0.2, 0) is 5.41 Å². The molecule has 1 aromatic heterocycles. The summed E-state index contributed by atoms with van der Waals surface area (Å²) in [7, 11) is 1.56. The van der Waals surface area contributed by atoms with Crippen molar-refractivity contribution in [2.24, 2.45) is 0 Å². The second-order valence-electron chi connectivity index (χ2n) is 5.62. The SMILES string of the molecule is COc1ccc(N)c(Oc2ccc(C(C)(C)C)cc2)n1. The predicted molar refractivity (Wildman–Crippen MR) is 80.4 cm³/mol. The van der Waals surface area contributed by atoms with Crippen molar-refractivity contribution in [3.8, 4) is 17.5 Å². The molecule has 0 saturated heterocycles. The third-order valence-electron chi connectivity index (χ3n) is 3.01. The average molecular weight is 272 g/mol. The largest absolute Gasteiger partial charge is 0.481 e. The number of nitrogen functional groups attached to an aromatic ring is 1. The number of rotatable bonds is 3. The molecule has 0 aliphatic rings. The number of aromatic nitrogens is 1. The van der Waals surface area contributed by atoms with E-state index in [1.165, 1.54) is 5.56 Å². The van der Waals surface area contributed by atoms with E-state index < -0.39 is 0 Å². The minimum Gasteiger partial charge on any atom is -0.481 e. The van der Waals surface area contributed by atoms with E-state index in [9.17, 15) is 0 Å². The maximum atomic E-state index is 5.85. The van der Waals surface area contributed by atoms with Crippen molar-refractivity contribution in [3.63, 3.8) is 0 Å². The van der Waals surface area contributed by atoms with E-state index in [2.05, 4.69) is 25.8 Å². The van der Waals surface area contributed by atoms with Gasteiger partial charge in [-0.3, -0.25) is 0 Å². The van der Waals surface area contributed by atoms with E-state index in [0.717, 1.165) is 0 Å². The van der Waals surface area contributed by atoms with E-state index in [0.29, 0.717) is 23.2 Å². The molecule has 2 aromatic rings. The molecule has 0 atom stereocenters. The van der Waals surface area contributed by atoms with Crippen molar-refractivity contribution in [1.29, 1.82) is 0 Å². The van der Waals surface area contributed by atoms with Crippen molar-refractivity contribution in [2.75, 3.05) is 12.8 Å². The first kappa shape index (κ1) is 14.2. The van der Waals surface area contributed by atoms with Gasteiger partial charge in [0.05, 0.1) is 12.8 Å². The van der Waals surface area contributed by atoms with E-state index in [-0.39, 0.29) is 5.41 Å². The fraction of sp³-hybridized carbons (Fsp3) is 0.312. The van der Waals surface area contributed by atoms with Gasteiger partial charge >= 0.3 is 0 Å². The van der Waals surface area contributed by atoms with Crippen LogP contribution in [0, 0.1) is 0 Å². The first-order valence-electron chi connectivity index (χ1n) is 6.49. The highest BCUT2D eigenvalue weighted by atomic mass is 16.5. The number of hydrogen-bond acceptors (Lipinski definition) is 4. The minimum atomic E-state index is 0.117. The Morgan fingerprint density at radius 3 is 2.20 bits per heavy atom. The first-order chi connectivity index (χ1) is 9.40. The first-order valence-corrected chi connectivity index (χ1v) is 6.49. The second kappa shape index (κ2) is 5.41. The number of methoxy groups -OCH3 is 1. The Morgan fingerprint density at radius 1 is 1.00 bits per heavy atom. The number of benzene rings is 1. The molecule has 0 aliphatic heterocycles. The zero-order valence-electron chi connectivity index (χ0n) is 12.3. The summed E-state index contributed by atoms with van der Waals surface area (Å²) in [5.41, 5.74) is 7.69. The van der Waals surface area contributed by atoms with Crippen LogP contribution in [0.5, 0.6) is 17.5 Å². The van der Waals surface area contributed by atoms with Crippen molar-refractivity contribution in [1.82, 2.24) is 4.98 Å². The Hall–Kier alpha value is -2.23. The molecular formula is C16H20N2O2. The molecule has 2 N–H and O–H groups in total. The van der Waals surface area contributed by atoms with Gasteiger partial charge in [-0.25, -0.2) is 0 Å². The Bertz CT molecular complexity index is 586. The van der Waals surface area contributed by atoms with Gasteiger partial charge < -0.3 is 15.2 Å². The van der Waals surface area contributed by atoms with Crippen molar-refractivity contribution >= 4 is 5.69 Å². The molecule has 0 spiro atoms. The molecule has 106 valence electrons. The summed E-state index contributed by atoms with van der Waals surface area (Å²) in [6.45, 7) is 6.51. The predicted octanol–water partition coefficient (Wildman–Crippen LogP) is 3.76. The molecule has 1 aromatic carbocycles. The van der Waals surface area contributed by atoms with Crippen LogP contribution in [0.25, 0.3) is 0 Å². The van der Waals surface area contributed by atoms with Crippen LogP contribution in [0.15, 0.2) is 36.4 Å². The lowest BCUT2D eigenvalue weighted by Gasteiger charge is -2.19. The molecular weight excluding hydrogens is 252 g/mol. The quantitative estimate of drug-likeness (QED) is 0.924. The number of nitrogens with two attached hydrogens (primary N) is 1. The van der Waals surface area contributed by atoms with E-state index in [1.54, 1.807) is 19.2 Å². The van der Waals surface area contributed by atoms with Crippen molar-refractivity contribution in [2.45, 2.75) is 26.2 Å². The lowest BCUT2D eigenvalue weighted by molar-refractivity contribution is 0.384. The molecule has 0 fully saturated rings. The Labute approximate surface area is 119 Å². The zero-order valence-corrected chi connectivity index (χ0v) is 12.3. The van der Waals surface area contributed by atoms with Crippen LogP contribution in [-0.4, -0.2) is 12.1 Å². The second-order valence-corrected chi connectivity index (χ2v) is 5.62. The number of ether oxygens (including phenoxy) is 2. The fourth-order valence-electron chi connectivity index (χ4n) is 1.76. The van der Waals surface area contributed by atoms with E-state index >= 15 is 0 Å². The van der Waals surface area contributed by atoms with Gasteiger partial charge in [-0.1, -0.05) is 32.9 Å². The molecule has 0 bridgehead atoms. The summed E-state index contributed by atoms with van der Waals surface area (Å²) < 4.78 is 10.8. The van der Waals surface area contributed by atoms with Gasteiger partial charge in [-0.05, 0) is 29.2 Å². The third-order valence-corrected chi connectivity index (χ3v) is 3.01. The van der Waals surface area contributed by atoms with Crippen LogP contribution >= 0.6 is 0 Å². The lowest BCUT2D eigenvalue weighted by atomic mass is 9.87. The lowest BCUT2D eigenvalue weighted by Crippen LogP contribution is -2.10. The normalized spacial score (nSPS) is 11.2. The van der Waals surface area contributed by atoms with Crippen LogP contribution < -0.4 is 15.2 Å². The molecule has 4 nitrogen and oxygen atoms in total. The Morgan fingerprint density at radius 2 is 1.65 bits per heavy atom. The Balaban J connectivity index is 2.22. The number of nitrogens with zero attached hydrogens (tertiary/aromatic N) is 1. The maximum absolute atomic E-state index is 5.85. The van der Waals surface area contributed by atoms with Gasteiger partial charge in [0.15, 0.2) is 0 Å². The standard InChI is InChI=1S/C16H20N2O2/c1-16(2,3)11-5-7-12(8-6-11)20-15-13(17)9-10-14(18-15)19-4/h5-10H,17H2,1-4H3. The highest BCUT2D eigenvalue weighted by molar-refractivity contribution is 5.51. The van der Waals surface area contributed by atoms with Gasteiger partial charge in [0.25, 0.3) is 0 Å². The monoisotopic (exact) mass is 272 g/mol. The van der Waals surface area contributed by atoms with Gasteiger partial charge in [0.1, 0.15) is 5.75 Å². The maximum Gasteiger partial charge on any atom is 0.246 e. The van der Waals surface area contributed by atoms with Gasteiger partial charge in [0.2, 0.25) is 11.8 Å². The molecule has 4 heteroatoms. The summed E-state index contributed by atoms with van der Waals surface area (Å²) in [4.78, 5) is 4.19. The summed E-state index contributed by atoms with van der Waals surface area (Å²) in [6, 6.07) is 11.3. The van der Waals surface area contributed by atoms with Gasteiger partial charge in [0, 0.05) is 6.07 Å². The summed E-state index contributed by atoms with van der Waals surface area (Å²) >= 11 is 0. The number of anilines is 1. The fourth-order valence-corrected chi connectivity index (χ4v) is 1.76.